The zero-order valence-corrected chi connectivity index (χ0v) is 43.4. The van der Waals surface area contributed by atoms with Crippen molar-refractivity contribution in [2.75, 3.05) is 52.8 Å². The van der Waals surface area contributed by atoms with Gasteiger partial charge in [-0.1, -0.05) is 78.9 Å². The Morgan fingerprint density at radius 1 is 0.474 bits per heavy atom. The average molecular weight is 1040 g/mol. The minimum atomic E-state index is -0.334. The van der Waals surface area contributed by atoms with Crippen LogP contribution in [0, 0.1) is 0 Å². The number of phenolic OH excluding ortho intramolecular Hbond substituents is 1. The second-order valence-electron chi connectivity index (χ2n) is 19.1. The number of hydrogen-bond acceptors (Lipinski definition) is 15. The highest BCUT2D eigenvalue weighted by Crippen LogP contribution is 2.29. The second-order valence-corrected chi connectivity index (χ2v) is 19.1. The second kappa shape index (κ2) is 26.6. The van der Waals surface area contributed by atoms with Crippen molar-refractivity contribution in [3.8, 4) is 45.7 Å². The molecule has 0 spiro atoms. The van der Waals surface area contributed by atoms with E-state index in [9.17, 15) is 14.7 Å². The van der Waals surface area contributed by atoms with Gasteiger partial charge in [-0.3, -0.25) is 19.4 Å². The van der Waals surface area contributed by atoms with Crippen LogP contribution in [0.15, 0.2) is 152 Å². The van der Waals surface area contributed by atoms with Gasteiger partial charge in [-0.2, -0.15) is 0 Å². The van der Waals surface area contributed by atoms with Crippen LogP contribution in [0.4, 0.5) is 0 Å². The summed E-state index contributed by atoms with van der Waals surface area (Å²) in [5.41, 5.74) is 12.0. The van der Waals surface area contributed by atoms with Crippen LogP contribution in [0.1, 0.15) is 68.5 Å². The monoisotopic (exact) mass is 1040 g/mol. The molecule has 9 heterocycles. The summed E-state index contributed by atoms with van der Waals surface area (Å²) in [5, 5.41) is 13.0. The Labute approximate surface area is 453 Å². The molecule has 0 saturated heterocycles. The highest BCUT2D eigenvalue weighted by atomic mass is 16.5. The molecule has 2 aromatic carbocycles. The normalized spacial score (nSPS) is 14.9. The number of nitrogens with one attached hydrogen (secondary N) is 1. The first-order valence-electron chi connectivity index (χ1n) is 26.3. The third kappa shape index (κ3) is 15.2. The molecule has 1 amide bonds. The third-order valence-corrected chi connectivity index (χ3v) is 13.0. The molecule has 78 heavy (non-hydrogen) atoms. The highest BCUT2D eigenvalue weighted by Gasteiger charge is 2.20. The van der Waals surface area contributed by atoms with Crippen molar-refractivity contribution in [2.45, 2.75) is 52.1 Å². The van der Waals surface area contributed by atoms with Gasteiger partial charge in [0.2, 0.25) is 0 Å². The lowest BCUT2D eigenvalue weighted by Crippen LogP contribution is -2.31. The van der Waals surface area contributed by atoms with Crippen LogP contribution in [0.25, 0.3) is 46.3 Å². The third-order valence-electron chi connectivity index (χ3n) is 13.0. The Morgan fingerprint density at radius 3 is 1.47 bits per heavy atom. The van der Waals surface area contributed by atoms with Crippen LogP contribution in [0.2, 0.25) is 0 Å². The average Bonchev–Trinajstić information content (AvgIpc) is 3.46. The molecule has 3 aliphatic rings. The van der Waals surface area contributed by atoms with Crippen molar-refractivity contribution in [2.24, 2.45) is 0 Å². The number of phenols is 1. The number of pyridine rings is 6. The summed E-state index contributed by atoms with van der Waals surface area (Å²) in [6, 6.07) is 48.9. The number of aromatic nitrogens is 6. The number of hydrogen-bond donors (Lipinski definition) is 2. The van der Waals surface area contributed by atoms with E-state index in [2.05, 4.69) is 15.1 Å². The number of carbonyl (C=O) groups is 2. The van der Waals surface area contributed by atoms with Gasteiger partial charge in [-0.25, -0.2) is 29.9 Å². The van der Waals surface area contributed by atoms with Gasteiger partial charge < -0.3 is 29.4 Å². The number of carbonyl (C=O) groups excluding carboxylic acids is 2. The largest absolute Gasteiger partial charge is 0.504 e. The van der Waals surface area contributed by atoms with E-state index in [1.165, 1.54) is 6.07 Å². The molecule has 8 aromatic rings. The number of benzene rings is 2. The lowest BCUT2D eigenvalue weighted by Gasteiger charge is -2.24. The fraction of sp³-hybridized carbons (Fsp3) is 0.258. The number of ether oxygens (including phenoxy) is 4. The zero-order valence-electron chi connectivity index (χ0n) is 43.4. The van der Waals surface area contributed by atoms with Crippen LogP contribution >= 0.6 is 0 Å². The summed E-state index contributed by atoms with van der Waals surface area (Å²) in [6.07, 6.45) is 4.68. The molecular weight excluding hydrogens is 983 g/mol. The first-order chi connectivity index (χ1) is 38.3. The Bertz CT molecular complexity index is 3260. The molecule has 3 aliphatic heterocycles. The predicted octanol–water partition coefficient (Wildman–Crippen LogP) is 9.17. The van der Waals surface area contributed by atoms with Gasteiger partial charge in [-0.05, 0) is 102 Å². The Hall–Kier alpha value is -8.38. The number of nitrogens with zero attached hydrogens (tertiary/aromatic N) is 8. The van der Waals surface area contributed by atoms with Crippen molar-refractivity contribution in [3.05, 3.63) is 203 Å². The maximum Gasteiger partial charge on any atom is 0.258 e. The SMILES string of the molecule is O=C(COc1cc(/C=C/c2ccccc2)ccc1O)NCCOCCOCCOCCCC(=O)c1cc2nc(c1)-c1cccc(n1)CN1Cc3cccc(n3)-c3cccc(n3)CN(Cc3cccc(n3)-c3cccc(n3)C1)C2. The van der Waals surface area contributed by atoms with Gasteiger partial charge in [0, 0.05) is 64.4 Å². The molecule has 16 nitrogen and oxygen atoms in total. The van der Waals surface area contributed by atoms with E-state index < -0.39 is 0 Å². The zero-order chi connectivity index (χ0) is 53.3. The van der Waals surface area contributed by atoms with Crippen molar-refractivity contribution < 1.29 is 33.6 Å². The molecule has 0 aliphatic carbocycles. The molecule has 0 saturated carbocycles. The van der Waals surface area contributed by atoms with E-state index >= 15 is 0 Å². The van der Waals surface area contributed by atoms with Crippen LogP contribution in [0.3, 0.4) is 0 Å². The van der Waals surface area contributed by atoms with Crippen molar-refractivity contribution >= 4 is 23.8 Å². The number of aromatic hydroxyl groups is 1. The molecule has 2 N–H and O–H groups in total. The lowest BCUT2D eigenvalue weighted by molar-refractivity contribution is -0.123. The van der Waals surface area contributed by atoms with Gasteiger partial charge in [0.25, 0.3) is 5.91 Å². The first-order valence-corrected chi connectivity index (χ1v) is 26.3. The molecule has 0 atom stereocenters. The topological polar surface area (TPSA) is 187 Å². The van der Waals surface area contributed by atoms with Gasteiger partial charge >= 0.3 is 0 Å². The fourth-order valence-electron chi connectivity index (χ4n) is 9.21. The van der Waals surface area contributed by atoms with E-state index in [1.54, 1.807) is 12.1 Å². The van der Waals surface area contributed by atoms with E-state index in [-0.39, 0.29) is 36.2 Å². The fourth-order valence-corrected chi connectivity index (χ4v) is 9.21. The maximum absolute atomic E-state index is 14.1. The van der Waals surface area contributed by atoms with E-state index in [4.69, 9.17) is 48.9 Å². The van der Waals surface area contributed by atoms with E-state index in [0.717, 1.165) is 68.1 Å². The minimum Gasteiger partial charge on any atom is -0.504 e. The summed E-state index contributed by atoms with van der Waals surface area (Å²) >= 11 is 0. The summed E-state index contributed by atoms with van der Waals surface area (Å²) < 4.78 is 22.7. The molecule has 16 heteroatoms. The number of rotatable bonds is 19. The molecular formula is C62H61N9O7. The number of ketones is 1. The van der Waals surface area contributed by atoms with Gasteiger partial charge in [-0.15, -0.1) is 0 Å². The van der Waals surface area contributed by atoms with Gasteiger partial charge in [0.1, 0.15) is 0 Å². The first kappa shape index (κ1) is 53.0. The number of amides is 1. The molecule has 11 rings (SSSR count). The van der Waals surface area contributed by atoms with Gasteiger partial charge in [0.15, 0.2) is 23.9 Å². The van der Waals surface area contributed by atoms with E-state index in [1.807, 2.05) is 146 Å². The highest BCUT2D eigenvalue weighted by molar-refractivity contribution is 5.97. The van der Waals surface area contributed by atoms with Crippen LogP contribution < -0.4 is 10.1 Å². The molecule has 14 bridgehead atoms. The Balaban J connectivity index is 0.728. The van der Waals surface area contributed by atoms with Crippen LogP contribution in [-0.4, -0.2) is 109 Å². The van der Waals surface area contributed by atoms with Crippen molar-refractivity contribution in [1.82, 2.24) is 45.0 Å². The molecule has 0 fully saturated rings. The summed E-state index contributed by atoms with van der Waals surface area (Å²) in [6.45, 7) is 5.10. The smallest absolute Gasteiger partial charge is 0.258 e. The quantitative estimate of drug-likeness (QED) is 0.0443. The molecule has 0 radical (unpaired) electrons. The summed E-state index contributed by atoms with van der Waals surface area (Å²) in [7, 11) is 0. The van der Waals surface area contributed by atoms with Crippen LogP contribution in [-0.2, 0) is 58.3 Å². The summed E-state index contributed by atoms with van der Waals surface area (Å²) in [5.74, 6) is -0.170. The standard InChI is InChI=1S/C62H61N9O7/c72-59(22-9-28-75-30-32-77-33-31-76-29-27-63-62(74)43-78-61-34-45(25-26-60(61)73)24-23-44-10-2-1-3-11-44)46-35-52-42-71-40-49-14-6-19-55(66-49)53-17-4-12-47(64-53)37-70(39-51-16-8-21-57(68-51)58(36-46)69-52)38-48-13-5-18-54(65-48)56-20-7-15-50(41-71)67-56/h1-8,10-21,23-26,34-36,73H,9,22,27-33,37-43H2,(H,63,74)/b24-23+. The summed E-state index contributed by atoms with van der Waals surface area (Å²) in [4.78, 5) is 61.9. The minimum absolute atomic E-state index is 0.0123. The molecule has 396 valence electrons. The van der Waals surface area contributed by atoms with E-state index in [0.29, 0.717) is 109 Å². The van der Waals surface area contributed by atoms with Gasteiger partial charge in [0.05, 0.1) is 101 Å². The Morgan fingerprint density at radius 2 is 0.936 bits per heavy atom. The molecule has 6 aromatic heterocycles. The lowest BCUT2D eigenvalue weighted by atomic mass is 10.0. The Kier molecular flexibility index (Phi) is 18.1. The van der Waals surface area contributed by atoms with Crippen molar-refractivity contribution in [1.29, 1.82) is 0 Å². The van der Waals surface area contributed by atoms with Crippen molar-refractivity contribution in [3.63, 3.8) is 0 Å². The number of Topliss-reactive ketones (excluding diaryl/α,β-unsaturated/α-hetero) is 1. The maximum atomic E-state index is 14.1. The predicted molar refractivity (Wildman–Crippen MR) is 296 cm³/mol. The van der Waals surface area contributed by atoms with Crippen LogP contribution in [0.5, 0.6) is 11.5 Å². The molecule has 0 unspecified atom stereocenters.